The molecule has 0 saturated carbocycles. The van der Waals surface area contributed by atoms with Crippen LogP contribution in [0.1, 0.15) is 15.9 Å². The van der Waals surface area contributed by atoms with E-state index in [1.165, 1.54) is 32.4 Å². The number of nitrogens with zero attached hydrogens (tertiary/aromatic N) is 2. The normalized spacial score (nSPS) is 11.2. The monoisotopic (exact) mass is 322 g/mol. The second-order valence-electron chi connectivity index (χ2n) is 4.44. The average Bonchev–Trinajstić information content (AvgIpc) is 2.45. The second kappa shape index (κ2) is 5.70. The van der Waals surface area contributed by atoms with Crippen molar-refractivity contribution in [2.24, 2.45) is 10.9 Å². The molecule has 0 aliphatic rings. The van der Waals surface area contributed by atoms with E-state index in [9.17, 15) is 13.2 Å². The third-order valence-corrected chi connectivity index (χ3v) is 4.10. The van der Waals surface area contributed by atoms with E-state index in [0.29, 0.717) is 11.4 Å². The van der Waals surface area contributed by atoms with Gasteiger partial charge in [0, 0.05) is 17.8 Å². The lowest BCUT2D eigenvalue weighted by Gasteiger charge is -2.12. The zero-order valence-electron chi connectivity index (χ0n) is 11.9. The topological polar surface area (TPSA) is 138 Å². The van der Waals surface area contributed by atoms with Gasteiger partial charge in [-0.3, -0.25) is 4.79 Å². The molecule has 116 valence electrons. The summed E-state index contributed by atoms with van der Waals surface area (Å²) >= 11 is 0. The number of ether oxygens (including phenoxy) is 1. The number of hydrogen-bond acceptors (Lipinski definition) is 6. The molecule has 0 atom stereocenters. The third kappa shape index (κ3) is 2.90. The lowest BCUT2D eigenvalue weighted by Crippen LogP contribution is -2.20. The fraction of sp³-hybridized carbons (Fsp3) is 0.154. The molecule has 0 spiro atoms. The van der Waals surface area contributed by atoms with Gasteiger partial charge in [-0.05, 0) is 24.6 Å². The molecule has 0 fully saturated rings. The van der Waals surface area contributed by atoms with Crippen LogP contribution in [0.15, 0.2) is 29.3 Å². The number of rotatable bonds is 4. The highest BCUT2D eigenvalue weighted by Gasteiger charge is 2.22. The fourth-order valence-corrected chi connectivity index (χ4v) is 2.88. The largest absolute Gasteiger partial charge is 0.481 e. The van der Waals surface area contributed by atoms with Crippen molar-refractivity contribution in [2.45, 2.75) is 11.8 Å². The summed E-state index contributed by atoms with van der Waals surface area (Å²) in [5.41, 5.74) is 5.83. The van der Waals surface area contributed by atoms with Crippen molar-refractivity contribution in [3.8, 4) is 17.3 Å². The minimum absolute atomic E-state index is 0.000205. The van der Waals surface area contributed by atoms with Gasteiger partial charge >= 0.3 is 0 Å². The van der Waals surface area contributed by atoms with Crippen LogP contribution in [-0.2, 0) is 10.0 Å². The standard InChI is InChI=1S/C13H14N4O4S/c1-7-9(22(15,19)20)4-3-8(11(7)12(14)18)13-16-6-5-10(17-13)21-2/h3-6H,1-2H3,(H2,14,18)(H2,15,19,20). The molecule has 1 aromatic heterocycles. The van der Waals surface area contributed by atoms with Gasteiger partial charge < -0.3 is 10.5 Å². The lowest BCUT2D eigenvalue weighted by atomic mass is 10.0. The molecule has 0 aliphatic carbocycles. The lowest BCUT2D eigenvalue weighted by molar-refractivity contribution is 0.1000. The summed E-state index contributed by atoms with van der Waals surface area (Å²) in [5, 5.41) is 5.13. The van der Waals surface area contributed by atoms with E-state index in [1.54, 1.807) is 6.07 Å². The summed E-state index contributed by atoms with van der Waals surface area (Å²) in [6.45, 7) is 1.45. The van der Waals surface area contributed by atoms with Crippen molar-refractivity contribution in [3.05, 3.63) is 35.5 Å². The maximum Gasteiger partial charge on any atom is 0.249 e. The van der Waals surface area contributed by atoms with Gasteiger partial charge in [-0.25, -0.2) is 18.5 Å². The maximum atomic E-state index is 11.7. The number of carbonyl (C=O) groups excluding carboxylic acids is 1. The number of hydrogen-bond donors (Lipinski definition) is 2. The van der Waals surface area contributed by atoms with E-state index in [2.05, 4.69) is 9.97 Å². The van der Waals surface area contributed by atoms with Gasteiger partial charge in [0.1, 0.15) is 0 Å². The van der Waals surface area contributed by atoms with Crippen molar-refractivity contribution >= 4 is 15.9 Å². The van der Waals surface area contributed by atoms with Crippen molar-refractivity contribution in [1.29, 1.82) is 0 Å². The van der Waals surface area contributed by atoms with Gasteiger partial charge in [-0.2, -0.15) is 4.98 Å². The Morgan fingerprint density at radius 3 is 2.50 bits per heavy atom. The van der Waals surface area contributed by atoms with Crippen molar-refractivity contribution < 1.29 is 17.9 Å². The van der Waals surface area contributed by atoms with Gasteiger partial charge in [0.15, 0.2) is 5.82 Å². The van der Waals surface area contributed by atoms with Crippen LogP contribution in [0.25, 0.3) is 11.4 Å². The van der Waals surface area contributed by atoms with E-state index in [4.69, 9.17) is 15.6 Å². The van der Waals surface area contributed by atoms with E-state index in [-0.39, 0.29) is 21.8 Å². The SMILES string of the molecule is COc1ccnc(-c2ccc(S(N)(=O)=O)c(C)c2C(N)=O)n1. The maximum absolute atomic E-state index is 11.7. The molecule has 0 saturated heterocycles. The van der Waals surface area contributed by atoms with Gasteiger partial charge in [0.25, 0.3) is 0 Å². The molecule has 0 unspecified atom stereocenters. The number of carbonyl (C=O) groups is 1. The van der Waals surface area contributed by atoms with Crippen LogP contribution < -0.4 is 15.6 Å². The van der Waals surface area contributed by atoms with Gasteiger partial charge in [0.05, 0.1) is 17.6 Å². The van der Waals surface area contributed by atoms with Gasteiger partial charge in [-0.15, -0.1) is 0 Å². The number of primary sulfonamides is 1. The molecule has 22 heavy (non-hydrogen) atoms. The van der Waals surface area contributed by atoms with Gasteiger partial charge in [-0.1, -0.05) is 0 Å². The number of primary amides is 1. The van der Waals surface area contributed by atoms with Crippen LogP contribution in [0.2, 0.25) is 0 Å². The Morgan fingerprint density at radius 1 is 1.27 bits per heavy atom. The summed E-state index contributed by atoms with van der Waals surface area (Å²) in [4.78, 5) is 19.7. The zero-order chi connectivity index (χ0) is 16.5. The Kier molecular flexibility index (Phi) is 4.11. The Balaban J connectivity index is 2.77. The number of sulfonamides is 1. The first kappa shape index (κ1) is 15.9. The molecule has 1 aromatic carbocycles. The number of benzene rings is 1. The van der Waals surface area contributed by atoms with Crippen LogP contribution in [-0.4, -0.2) is 31.4 Å². The summed E-state index contributed by atoms with van der Waals surface area (Å²) in [6.07, 6.45) is 1.45. The number of nitrogens with two attached hydrogens (primary N) is 2. The highest BCUT2D eigenvalue weighted by molar-refractivity contribution is 7.89. The molecular weight excluding hydrogens is 308 g/mol. The molecule has 2 aromatic rings. The fourth-order valence-electron chi connectivity index (χ4n) is 2.09. The Hall–Kier alpha value is -2.52. The predicted molar refractivity (Wildman–Crippen MR) is 78.6 cm³/mol. The molecule has 8 nitrogen and oxygen atoms in total. The van der Waals surface area contributed by atoms with E-state index in [0.717, 1.165) is 0 Å². The summed E-state index contributed by atoms with van der Waals surface area (Å²) in [7, 11) is -2.53. The van der Waals surface area contributed by atoms with Gasteiger partial charge in [0.2, 0.25) is 21.8 Å². The molecule has 0 aliphatic heterocycles. The summed E-state index contributed by atoms with van der Waals surface area (Å²) in [5.74, 6) is -0.310. The Morgan fingerprint density at radius 2 is 1.95 bits per heavy atom. The van der Waals surface area contributed by atoms with Crippen LogP contribution in [0.3, 0.4) is 0 Å². The minimum atomic E-state index is -3.97. The first-order valence-corrected chi connectivity index (χ1v) is 7.64. The van der Waals surface area contributed by atoms with Crippen molar-refractivity contribution in [2.75, 3.05) is 7.11 Å². The van der Waals surface area contributed by atoms with E-state index in [1.807, 2.05) is 0 Å². The zero-order valence-corrected chi connectivity index (χ0v) is 12.7. The minimum Gasteiger partial charge on any atom is -0.481 e. The number of amides is 1. The quantitative estimate of drug-likeness (QED) is 0.825. The Labute approximate surface area is 127 Å². The van der Waals surface area contributed by atoms with E-state index >= 15 is 0 Å². The molecule has 0 radical (unpaired) electrons. The second-order valence-corrected chi connectivity index (χ2v) is 5.97. The smallest absolute Gasteiger partial charge is 0.249 e. The predicted octanol–water partition coefficient (Wildman–Crippen LogP) is 0.207. The molecule has 1 heterocycles. The number of aromatic nitrogens is 2. The van der Waals surface area contributed by atoms with Crippen molar-refractivity contribution in [1.82, 2.24) is 9.97 Å². The molecule has 1 amide bonds. The summed E-state index contributed by atoms with van der Waals surface area (Å²) < 4.78 is 28.1. The first-order chi connectivity index (χ1) is 10.3. The molecule has 4 N–H and O–H groups in total. The van der Waals surface area contributed by atoms with Crippen LogP contribution >= 0.6 is 0 Å². The van der Waals surface area contributed by atoms with Crippen LogP contribution in [0.4, 0.5) is 0 Å². The average molecular weight is 322 g/mol. The molecular formula is C13H14N4O4S. The number of methoxy groups -OCH3 is 1. The summed E-state index contributed by atoms with van der Waals surface area (Å²) in [6, 6.07) is 4.22. The molecule has 9 heteroatoms. The van der Waals surface area contributed by atoms with E-state index < -0.39 is 15.9 Å². The third-order valence-electron chi connectivity index (χ3n) is 3.05. The van der Waals surface area contributed by atoms with Crippen LogP contribution in [0.5, 0.6) is 5.88 Å². The highest BCUT2D eigenvalue weighted by atomic mass is 32.2. The first-order valence-electron chi connectivity index (χ1n) is 6.09. The van der Waals surface area contributed by atoms with Crippen molar-refractivity contribution in [3.63, 3.8) is 0 Å². The molecule has 0 bridgehead atoms. The highest BCUT2D eigenvalue weighted by Crippen LogP contribution is 2.28. The molecule has 2 rings (SSSR count). The Bertz CT molecular complexity index is 849. The van der Waals surface area contributed by atoms with Crippen LogP contribution in [0, 0.1) is 6.92 Å².